The molecule has 2 aliphatic rings. The van der Waals surface area contributed by atoms with Crippen LogP contribution in [0.5, 0.6) is 0 Å². The molecule has 1 unspecified atom stereocenters. The topological polar surface area (TPSA) is 98.7 Å². The molecule has 0 bridgehead atoms. The first-order valence-corrected chi connectivity index (χ1v) is 10.0. The summed E-state index contributed by atoms with van der Waals surface area (Å²) in [5.41, 5.74) is 2.31. The maximum atomic E-state index is 12.3. The fourth-order valence-electron chi connectivity index (χ4n) is 3.72. The van der Waals surface area contributed by atoms with E-state index >= 15 is 0 Å². The molecule has 0 radical (unpaired) electrons. The van der Waals surface area contributed by atoms with E-state index in [1.807, 2.05) is 23.6 Å². The first-order valence-electron chi connectivity index (χ1n) is 9.17. The van der Waals surface area contributed by atoms with E-state index in [-0.39, 0.29) is 12.5 Å². The number of carbonyl (C=O) groups excluding carboxylic acids is 3. The van der Waals surface area contributed by atoms with E-state index in [4.69, 9.17) is 0 Å². The summed E-state index contributed by atoms with van der Waals surface area (Å²) in [6.45, 7) is 2.19. The Morgan fingerprint density at radius 3 is 2.68 bits per heavy atom. The molecule has 0 aliphatic carbocycles. The number of rotatable bonds is 4. The molecule has 3 N–H and O–H groups in total. The standard InChI is InChI=1S/C20H21N3O4S/c1-20(27,15-3-2-8-28-15)11-21-18(25)19(26)22-14-9-12-4-5-16(24)23-7-6-13(10-14)17(12)23/h2-3,8-10,27H,4-7,11H2,1H3,(H,21,25)(H,22,26). The summed E-state index contributed by atoms with van der Waals surface area (Å²) in [6, 6.07) is 7.25. The number of benzene rings is 1. The summed E-state index contributed by atoms with van der Waals surface area (Å²) in [7, 11) is 0. The number of carbonyl (C=O) groups is 3. The molecule has 0 fully saturated rings. The smallest absolute Gasteiger partial charge is 0.313 e. The van der Waals surface area contributed by atoms with Gasteiger partial charge in [-0.2, -0.15) is 0 Å². The summed E-state index contributed by atoms with van der Waals surface area (Å²) in [5, 5.41) is 17.4. The number of hydrogen-bond donors (Lipinski definition) is 3. The molecule has 0 saturated heterocycles. The monoisotopic (exact) mass is 399 g/mol. The Balaban J connectivity index is 1.42. The lowest BCUT2D eigenvalue weighted by Crippen LogP contribution is -2.43. The molecule has 1 aromatic carbocycles. The maximum Gasteiger partial charge on any atom is 0.313 e. The van der Waals surface area contributed by atoms with Crippen molar-refractivity contribution in [3.8, 4) is 0 Å². The van der Waals surface area contributed by atoms with Crippen LogP contribution in [0.25, 0.3) is 0 Å². The van der Waals surface area contributed by atoms with Crippen molar-refractivity contribution in [2.75, 3.05) is 23.3 Å². The minimum absolute atomic E-state index is 0.0632. The summed E-state index contributed by atoms with van der Waals surface area (Å²) in [6.07, 6.45) is 1.84. The Morgan fingerprint density at radius 1 is 1.21 bits per heavy atom. The van der Waals surface area contributed by atoms with Crippen LogP contribution in [0.1, 0.15) is 29.3 Å². The molecule has 3 amide bonds. The van der Waals surface area contributed by atoms with E-state index in [1.165, 1.54) is 11.3 Å². The van der Waals surface area contributed by atoms with E-state index in [2.05, 4.69) is 10.6 Å². The van der Waals surface area contributed by atoms with Crippen LogP contribution in [0.2, 0.25) is 0 Å². The molecule has 1 aromatic heterocycles. The van der Waals surface area contributed by atoms with Crippen LogP contribution < -0.4 is 15.5 Å². The molecule has 3 heterocycles. The zero-order chi connectivity index (χ0) is 19.9. The lowest BCUT2D eigenvalue weighted by Gasteiger charge is -2.26. The molecule has 4 rings (SSSR count). The van der Waals surface area contributed by atoms with Gasteiger partial charge in [-0.3, -0.25) is 14.4 Å². The summed E-state index contributed by atoms with van der Waals surface area (Å²) >= 11 is 1.38. The second-order valence-corrected chi connectivity index (χ2v) is 8.27. The van der Waals surface area contributed by atoms with Gasteiger partial charge in [0.15, 0.2) is 0 Å². The zero-order valence-electron chi connectivity index (χ0n) is 15.4. The molecule has 2 aromatic rings. The first-order chi connectivity index (χ1) is 13.3. The summed E-state index contributed by atoms with van der Waals surface area (Å²) < 4.78 is 0. The average Bonchev–Trinajstić information content (AvgIpc) is 3.34. The van der Waals surface area contributed by atoms with E-state index in [9.17, 15) is 19.5 Å². The van der Waals surface area contributed by atoms with Crippen molar-refractivity contribution < 1.29 is 19.5 Å². The van der Waals surface area contributed by atoms with Gasteiger partial charge in [0.2, 0.25) is 5.91 Å². The average molecular weight is 399 g/mol. The van der Waals surface area contributed by atoms with Crippen LogP contribution in [0.4, 0.5) is 11.4 Å². The van der Waals surface area contributed by atoms with Gasteiger partial charge in [0.1, 0.15) is 5.60 Å². The van der Waals surface area contributed by atoms with Crippen LogP contribution in [-0.4, -0.2) is 35.9 Å². The third kappa shape index (κ3) is 3.41. The van der Waals surface area contributed by atoms with E-state index in [1.54, 1.807) is 17.9 Å². The number of amides is 3. The van der Waals surface area contributed by atoms with Gasteiger partial charge in [-0.1, -0.05) is 6.07 Å². The van der Waals surface area contributed by atoms with Gasteiger partial charge in [-0.05, 0) is 54.5 Å². The van der Waals surface area contributed by atoms with Crippen molar-refractivity contribution >= 4 is 40.4 Å². The maximum absolute atomic E-state index is 12.3. The number of aliphatic hydroxyl groups is 1. The number of aryl methyl sites for hydroxylation is 1. The SMILES string of the molecule is CC(O)(CNC(=O)C(=O)Nc1cc2c3c(c1)CCN3C(=O)CC2)c1cccs1. The minimum atomic E-state index is -1.24. The van der Waals surface area contributed by atoms with Crippen molar-refractivity contribution in [3.63, 3.8) is 0 Å². The largest absolute Gasteiger partial charge is 0.383 e. The number of anilines is 2. The van der Waals surface area contributed by atoms with Gasteiger partial charge in [-0.15, -0.1) is 11.3 Å². The zero-order valence-corrected chi connectivity index (χ0v) is 16.3. The van der Waals surface area contributed by atoms with Gasteiger partial charge in [0.25, 0.3) is 0 Å². The molecule has 0 saturated carbocycles. The van der Waals surface area contributed by atoms with Crippen molar-refractivity contribution in [1.29, 1.82) is 0 Å². The fraction of sp³-hybridized carbons (Fsp3) is 0.350. The van der Waals surface area contributed by atoms with Crippen LogP contribution in [-0.2, 0) is 32.8 Å². The second-order valence-electron chi connectivity index (χ2n) is 7.33. The van der Waals surface area contributed by atoms with Gasteiger partial charge >= 0.3 is 11.8 Å². The highest BCUT2D eigenvalue weighted by Gasteiger charge is 2.32. The molecule has 0 spiro atoms. The van der Waals surface area contributed by atoms with Crippen LogP contribution >= 0.6 is 11.3 Å². The number of nitrogens with one attached hydrogen (secondary N) is 2. The van der Waals surface area contributed by atoms with Crippen molar-refractivity contribution in [1.82, 2.24) is 5.32 Å². The lowest BCUT2D eigenvalue weighted by atomic mass is 9.98. The van der Waals surface area contributed by atoms with Gasteiger partial charge in [0, 0.05) is 23.5 Å². The Morgan fingerprint density at radius 2 is 1.96 bits per heavy atom. The van der Waals surface area contributed by atoms with Crippen LogP contribution in [0.15, 0.2) is 29.6 Å². The highest BCUT2D eigenvalue weighted by atomic mass is 32.1. The fourth-order valence-corrected chi connectivity index (χ4v) is 4.51. The Bertz CT molecular complexity index is 953. The predicted octanol–water partition coefficient (Wildman–Crippen LogP) is 1.55. The third-order valence-electron chi connectivity index (χ3n) is 5.16. The highest BCUT2D eigenvalue weighted by molar-refractivity contribution is 7.10. The lowest BCUT2D eigenvalue weighted by molar-refractivity contribution is -0.136. The van der Waals surface area contributed by atoms with Gasteiger partial charge in [0.05, 0.1) is 12.2 Å². The Kier molecular flexibility index (Phi) is 4.68. The normalized spacial score (nSPS) is 17.1. The van der Waals surface area contributed by atoms with Gasteiger partial charge in [-0.25, -0.2) is 0 Å². The third-order valence-corrected chi connectivity index (χ3v) is 6.28. The number of nitrogens with zero attached hydrogens (tertiary/aromatic N) is 1. The predicted molar refractivity (Wildman–Crippen MR) is 106 cm³/mol. The minimum Gasteiger partial charge on any atom is -0.383 e. The van der Waals surface area contributed by atoms with Gasteiger partial charge < -0.3 is 20.6 Å². The summed E-state index contributed by atoms with van der Waals surface area (Å²) in [5.74, 6) is -1.45. The first kappa shape index (κ1) is 18.6. The van der Waals surface area contributed by atoms with E-state index < -0.39 is 17.4 Å². The molecular formula is C20H21N3O4S. The van der Waals surface area contributed by atoms with Crippen molar-refractivity contribution in [3.05, 3.63) is 45.6 Å². The Labute approximate surface area is 166 Å². The van der Waals surface area contributed by atoms with Crippen molar-refractivity contribution in [2.24, 2.45) is 0 Å². The molecule has 146 valence electrons. The molecule has 1 atom stereocenters. The molecular weight excluding hydrogens is 378 g/mol. The van der Waals surface area contributed by atoms with Crippen molar-refractivity contribution in [2.45, 2.75) is 31.8 Å². The van der Waals surface area contributed by atoms with Crippen LogP contribution in [0.3, 0.4) is 0 Å². The highest BCUT2D eigenvalue weighted by Crippen LogP contribution is 2.38. The molecule has 2 aliphatic heterocycles. The molecule has 8 heteroatoms. The number of thiophene rings is 1. The quantitative estimate of drug-likeness (QED) is 0.680. The summed E-state index contributed by atoms with van der Waals surface area (Å²) in [4.78, 5) is 39.0. The van der Waals surface area contributed by atoms with Crippen LogP contribution in [0, 0.1) is 0 Å². The number of hydrogen-bond acceptors (Lipinski definition) is 5. The molecule has 28 heavy (non-hydrogen) atoms. The molecule has 7 nitrogen and oxygen atoms in total. The van der Waals surface area contributed by atoms with E-state index in [0.29, 0.717) is 30.0 Å². The Hall–Kier alpha value is -2.71. The second kappa shape index (κ2) is 7.03. The van der Waals surface area contributed by atoms with E-state index in [0.717, 1.165) is 23.2 Å².